The van der Waals surface area contributed by atoms with Crippen LogP contribution in [-0.4, -0.2) is 17.9 Å². The van der Waals surface area contributed by atoms with E-state index in [4.69, 9.17) is 5.73 Å². The molecule has 0 fully saturated rings. The highest BCUT2D eigenvalue weighted by atomic mass is 16.2. The number of nitrogens with one attached hydrogen (secondary N) is 1. The van der Waals surface area contributed by atoms with E-state index in [9.17, 15) is 9.59 Å². The molecule has 3 N–H and O–H groups in total. The molecule has 126 valence electrons. The highest BCUT2D eigenvalue weighted by molar-refractivity contribution is 5.86. The van der Waals surface area contributed by atoms with Gasteiger partial charge in [0.1, 0.15) is 6.04 Å². The summed E-state index contributed by atoms with van der Waals surface area (Å²) in [7, 11) is 0. The van der Waals surface area contributed by atoms with Crippen LogP contribution in [0.25, 0.3) is 0 Å². The molecule has 0 aliphatic carbocycles. The van der Waals surface area contributed by atoms with Gasteiger partial charge in [-0.25, -0.2) is 0 Å². The molecule has 0 aliphatic rings. The standard InChI is InChI=1S/C19H28N2O2/c1-2-3-4-5-6-10-13-17(19(20)23)21-18(22)15-14-16-11-8-7-9-12-16/h2,7-9,11-12,17H,1,3-6,10,13-15H2,(H2,20,23)(H,21,22)/t17-/m0/s1. The van der Waals surface area contributed by atoms with Gasteiger partial charge >= 0.3 is 0 Å². The normalized spacial score (nSPS) is 11.7. The molecule has 1 atom stereocenters. The molecule has 0 heterocycles. The maximum atomic E-state index is 12.0. The molecular weight excluding hydrogens is 288 g/mol. The number of nitrogens with two attached hydrogens (primary N) is 1. The topological polar surface area (TPSA) is 72.2 Å². The zero-order valence-corrected chi connectivity index (χ0v) is 13.8. The Morgan fingerprint density at radius 1 is 1.13 bits per heavy atom. The lowest BCUT2D eigenvalue weighted by Gasteiger charge is -2.15. The van der Waals surface area contributed by atoms with E-state index in [1.54, 1.807) is 0 Å². The van der Waals surface area contributed by atoms with Gasteiger partial charge in [0.05, 0.1) is 0 Å². The summed E-state index contributed by atoms with van der Waals surface area (Å²) in [6.07, 6.45) is 8.75. The first-order valence-corrected chi connectivity index (χ1v) is 8.37. The maximum Gasteiger partial charge on any atom is 0.239 e. The van der Waals surface area contributed by atoms with E-state index in [0.717, 1.165) is 37.7 Å². The molecule has 1 aromatic carbocycles. The van der Waals surface area contributed by atoms with E-state index < -0.39 is 11.9 Å². The van der Waals surface area contributed by atoms with Crippen LogP contribution >= 0.6 is 0 Å². The molecule has 0 saturated heterocycles. The van der Waals surface area contributed by atoms with Crippen LogP contribution in [0.3, 0.4) is 0 Å². The predicted octanol–water partition coefficient (Wildman–Crippen LogP) is 3.12. The van der Waals surface area contributed by atoms with E-state index in [2.05, 4.69) is 11.9 Å². The summed E-state index contributed by atoms with van der Waals surface area (Å²) in [4.78, 5) is 23.4. The number of hydrogen-bond donors (Lipinski definition) is 2. The molecule has 2 amide bonds. The average molecular weight is 316 g/mol. The quantitative estimate of drug-likeness (QED) is 0.459. The lowest BCUT2D eigenvalue weighted by molar-refractivity contribution is -0.127. The van der Waals surface area contributed by atoms with Crippen LogP contribution in [-0.2, 0) is 16.0 Å². The second-order valence-corrected chi connectivity index (χ2v) is 5.79. The summed E-state index contributed by atoms with van der Waals surface area (Å²) in [5.74, 6) is -0.575. The Kier molecular flexibility index (Phi) is 9.45. The van der Waals surface area contributed by atoms with Gasteiger partial charge in [-0.05, 0) is 31.2 Å². The Balaban J connectivity index is 2.27. The number of unbranched alkanes of at least 4 members (excludes halogenated alkanes) is 4. The summed E-state index contributed by atoms with van der Waals surface area (Å²) in [6.45, 7) is 3.69. The first-order valence-electron chi connectivity index (χ1n) is 8.37. The summed E-state index contributed by atoms with van der Waals surface area (Å²) in [6, 6.07) is 9.27. The first kappa shape index (κ1) is 18.9. The zero-order chi connectivity index (χ0) is 16.9. The zero-order valence-electron chi connectivity index (χ0n) is 13.8. The fraction of sp³-hybridized carbons (Fsp3) is 0.474. The van der Waals surface area contributed by atoms with Crippen molar-refractivity contribution in [1.82, 2.24) is 5.32 Å². The van der Waals surface area contributed by atoms with Gasteiger partial charge in [0.25, 0.3) is 0 Å². The van der Waals surface area contributed by atoms with Gasteiger partial charge in [-0.1, -0.05) is 55.7 Å². The Labute approximate surface area is 139 Å². The van der Waals surface area contributed by atoms with Crippen molar-refractivity contribution in [3.63, 3.8) is 0 Å². The van der Waals surface area contributed by atoms with Crippen molar-refractivity contribution < 1.29 is 9.59 Å². The third kappa shape index (κ3) is 8.81. The summed E-state index contributed by atoms with van der Waals surface area (Å²) < 4.78 is 0. The van der Waals surface area contributed by atoms with E-state index in [1.807, 2.05) is 36.4 Å². The van der Waals surface area contributed by atoms with Gasteiger partial charge in [0, 0.05) is 6.42 Å². The van der Waals surface area contributed by atoms with Crippen LogP contribution < -0.4 is 11.1 Å². The number of carbonyl (C=O) groups is 2. The Morgan fingerprint density at radius 2 is 1.83 bits per heavy atom. The molecule has 1 aromatic rings. The lowest BCUT2D eigenvalue weighted by atomic mass is 10.0. The second kappa shape index (κ2) is 11.5. The van der Waals surface area contributed by atoms with E-state index in [1.165, 1.54) is 0 Å². The highest BCUT2D eigenvalue weighted by Crippen LogP contribution is 2.08. The molecule has 0 unspecified atom stereocenters. The van der Waals surface area contributed by atoms with Crippen molar-refractivity contribution in [2.24, 2.45) is 5.73 Å². The van der Waals surface area contributed by atoms with E-state index in [-0.39, 0.29) is 5.91 Å². The minimum Gasteiger partial charge on any atom is -0.368 e. The highest BCUT2D eigenvalue weighted by Gasteiger charge is 2.17. The molecule has 0 radical (unpaired) electrons. The minimum absolute atomic E-state index is 0.121. The van der Waals surface area contributed by atoms with Crippen molar-refractivity contribution >= 4 is 11.8 Å². The molecule has 0 bridgehead atoms. The predicted molar refractivity (Wildman–Crippen MR) is 93.8 cm³/mol. The monoisotopic (exact) mass is 316 g/mol. The van der Waals surface area contributed by atoms with Crippen molar-refractivity contribution in [3.05, 3.63) is 48.6 Å². The maximum absolute atomic E-state index is 12.0. The Morgan fingerprint density at radius 3 is 2.48 bits per heavy atom. The van der Waals surface area contributed by atoms with Crippen molar-refractivity contribution in [3.8, 4) is 0 Å². The van der Waals surface area contributed by atoms with Crippen molar-refractivity contribution in [1.29, 1.82) is 0 Å². The summed E-state index contributed by atoms with van der Waals surface area (Å²) >= 11 is 0. The molecule has 4 heteroatoms. The molecule has 0 spiro atoms. The number of carbonyl (C=O) groups excluding carboxylic acids is 2. The van der Waals surface area contributed by atoms with Crippen molar-refractivity contribution in [2.45, 2.75) is 57.4 Å². The summed E-state index contributed by atoms with van der Waals surface area (Å²) in [5.41, 5.74) is 6.50. The largest absolute Gasteiger partial charge is 0.368 e. The Hall–Kier alpha value is -2.10. The number of allylic oxidation sites excluding steroid dienone is 1. The van der Waals surface area contributed by atoms with Gasteiger partial charge in [-0.3, -0.25) is 9.59 Å². The van der Waals surface area contributed by atoms with E-state index >= 15 is 0 Å². The molecular formula is C19H28N2O2. The number of hydrogen-bond acceptors (Lipinski definition) is 2. The van der Waals surface area contributed by atoms with Crippen LogP contribution in [0.2, 0.25) is 0 Å². The molecule has 0 aliphatic heterocycles. The second-order valence-electron chi connectivity index (χ2n) is 5.79. The van der Waals surface area contributed by atoms with Gasteiger partial charge < -0.3 is 11.1 Å². The number of primary amides is 1. The van der Waals surface area contributed by atoms with Gasteiger partial charge in [-0.2, -0.15) is 0 Å². The first-order chi connectivity index (χ1) is 11.1. The molecule has 0 aromatic heterocycles. The van der Waals surface area contributed by atoms with Crippen LogP contribution in [0.1, 0.15) is 50.5 Å². The van der Waals surface area contributed by atoms with Crippen molar-refractivity contribution in [2.75, 3.05) is 0 Å². The van der Waals surface area contributed by atoms with Crippen LogP contribution in [0, 0.1) is 0 Å². The fourth-order valence-corrected chi connectivity index (χ4v) is 2.45. The third-order valence-electron chi connectivity index (χ3n) is 3.81. The van der Waals surface area contributed by atoms with Crippen LogP contribution in [0.5, 0.6) is 0 Å². The van der Waals surface area contributed by atoms with Crippen LogP contribution in [0.15, 0.2) is 43.0 Å². The molecule has 4 nitrogen and oxygen atoms in total. The number of benzene rings is 1. The summed E-state index contributed by atoms with van der Waals surface area (Å²) in [5, 5.41) is 2.76. The fourth-order valence-electron chi connectivity index (χ4n) is 2.45. The SMILES string of the molecule is C=CCCCCCC[C@H](NC(=O)CCc1ccccc1)C(N)=O. The van der Waals surface area contributed by atoms with Gasteiger partial charge in [-0.15, -0.1) is 6.58 Å². The van der Waals surface area contributed by atoms with E-state index in [0.29, 0.717) is 19.3 Å². The van der Waals surface area contributed by atoms with Gasteiger partial charge in [0.15, 0.2) is 0 Å². The average Bonchev–Trinajstić information content (AvgIpc) is 2.55. The van der Waals surface area contributed by atoms with Crippen LogP contribution in [0.4, 0.5) is 0 Å². The number of rotatable bonds is 12. The number of aryl methyl sites for hydroxylation is 1. The number of amides is 2. The smallest absolute Gasteiger partial charge is 0.239 e. The minimum atomic E-state index is -0.558. The van der Waals surface area contributed by atoms with Gasteiger partial charge in [0.2, 0.25) is 11.8 Å². The molecule has 0 saturated carbocycles. The molecule has 1 rings (SSSR count). The molecule has 23 heavy (non-hydrogen) atoms. The third-order valence-corrected chi connectivity index (χ3v) is 3.81. The Bertz CT molecular complexity index is 485. The lowest BCUT2D eigenvalue weighted by Crippen LogP contribution is -2.44.